The van der Waals surface area contributed by atoms with E-state index < -0.39 is 0 Å². The molecule has 0 saturated heterocycles. The Kier molecular flexibility index (Phi) is 5.03. The summed E-state index contributed by atoms with van der Waals surface area (Å²) >= 11 is 0. The Morgan fingerprint density at radius 1 is 1.19 bits per heavy atom. The van der Waals surface area contributed by atoms with Gasteiger partial charge in [0.05, 0.1) is 12.5 Å². The second kappa shape index (κ2) is 6.31. The molecule has 1 aromatic rings. The molecular weight excluding hydrogens is 200 g/mol. The van der Waals surface area contributed by atoms with Gasteiger partial charge in [0, 0.05) is 0 Å². The minimum atomic E-state index is -0.173. The third kappa shape index (κ3) is 4.05. The highest BCUT2D eigenvalue weighted by atomic mass is 16.5. The maximum absolute atomic E-state index is 11.7. The van der Waals surface area contributed by atoms with Crippen molar-refractivity contribution in [1.29, 1.82) is 0 Å². The molecule has 0 fully saturated rings. The molecule has 0 heterocycles. The zero-order valence-electron chi connectivity index (χ0n) is 10.3. The summed E-state index contributed by atoms with van der Waals surface area (Å²) in [5.74, 6) is 0.264. The number of hydrogen-bond acceptors (Lipinski definition) is 2. The van der Waals surface area contributed by atoms with Crippen LogP contribution >= 0.6 is 0 Å². The Hall–Kier alpha value is -1.31. The lowest BCUT2D eigenvalue weighted by Gasteiger charge is -2.12. The summed E-state index contributed by atoms with van der Waals surface area (Å²) in [6, 6.07) is 9.73. The van der Waals surface area contributed by atoms with Gasteiger partial charge in [-0.15, -0.1) is 0 Å². The first-order valence-corrected chi connectivity index (χ1v) is 5.83. The van der Waals surface area contributed by atoms with E-state index in [-0.39, 0.29) is 11.9 Å². The summed E-state index contributed by atoms with van der Waals surface area (Å²) in [4.78, 5) is 11.7. The van der Waals surface area contributed by atoms with Gasteiger partial charge >= 0.3 is 5.97 Å². The second-order valence-electron chi connectivity index (χ2n) is 4.48. The van der Waals surface area contributed by atoms with Crippen LogP contribution in [0.15, 0.2) is 30.3 Å². The first-order chi connectivity index (χ1) is 7.61. The van der Waals surface area contributed by atoms with E-state index in [0.29, 0.717) is 12.5 Å². The van der Waals surface area contributed by atoms with Crippen molar-refractivity contribution in [3.05, 3.63) is 35.9 Å². The van der Waals surface area contributed by atoms with Gasteiger partial charge in [-0.3, -0.25) is 4.79 Å². The number of hydrogen-bond donors (Lipinski definition) is 0. The molecule has 0 aromatic heterocycles. The highest BCUT2D eigenvalue weighted by Crippen LogP contribution is 2.16. The standard InChI is InChI=1S/C14H20O2/c1-11(2)9-10-16-14(15)12(3)13-7-5-4-6-8-13/h4-8,11-12H,9-10H2,1-3H3. The van der Waals surface area contributed by atoms with E-state index in [1.54, 1.807) is 0 Å². The van der Waals surface area contributed by atoms with Crippen molar-refractivity contribution in [2.24, 2.45) is 5.92 Å². The minimum Gasteiger partial charge on any atom is -0.465 e. The third-order valence-corrected chi connectivity index (χ3v) is 2.59. The molecule has 0 aliphatic carbocycles. The topological polar surface area (TPSA) is 26.3 Å². The number of carbonyl (C=O) groups excluding carboxylic acids is 1. The molecule has 2 heteroatoms. The van der Waals surface area contributed by atoms with Gasteiger partial charge in [0.2, 0.25) is 0 Å². The number of carbonyl (C=O) groups is 1. The molecule has 1 atom stereocenters. The number of benzene rings is 1. The van der Waals surface area contributed by atoms with E-state index >= 15 is 0 Å². The Balaban J connectivity index is 2.43. The SMILES string of the molecule is CC(C)CCOC(=O)C(C)c1ccccc1. The van der Waals surface area contributed by atoms with Gasteiger partial charge in [0.15, 0.2) is 0 Å². The van der Waals surface area contributed by atoms with Crippen molar-refractivity contribution in [3.8, 4) is 0 Å². The van der Waals surface area contributed by atoms with Crippen LogP contribution < -0.4 is 0 Å². The molecule has 0 amide bonds. The first kappa shape index (κ1) is 12.8. The van der Waals surface area contributed by atoms with E-state index in [4.69, 9.17) is 4.74 Å². The van der Waals surface area contributed by atoms with Crippen molar-refractivity contribution < 1.29 is 9.53 Å². The predicted octanol–water partition coefficient (Wildman–Crippen LogP) is 3.38. The van der Waals surface area contributed by atoms with Crippen molar-refractivity contribution >= 4 is 5.97 Å². The molecule has 0 radical (unpaired) electrons. The van der Waals surface area contributed by atoms with Crippen LogP contribution in [0.4, 0.5) is 0 Å². The van der Waals surface area contributed by atoms with Crippen LogP contribution in [0, 0.1) is 5.92 Å². The summed E-state index contributed by atoms with van der Waals surface area (Å²) < 4.78 is 5.23. The van der Waals surface area contributed by atoms with Crippen LogP contribution in [0.3, 0.4) is 0 Å². The van der Waals surface area contributed by atoms with Gasteiger partial charge in [-0.25, -0.2) is 0 Å². The highest BCUT2D eigenvalue weighted by molar-refractivity contribution is 5.77. The molecule has 1 unspecified atom stereocenters. The highest BCUT2D eigenvalue weighted by Gasteiger charge is 2.15. The summed E-state index contributed by atoms with van der Waals surface area (Å²) in [7, 11) is 0. The summed E-state index contributed by atoms with van der Waals surface area (Å²) in [5, 5.41) is 0. The molecule has 1 aromatic carbocycles. The number of ether oxygens (including phenoxy) is 1. The predicted molar refractivity (Wildman–Crippen MR) is 65.3 cm³/mol. The van der Waals surface area contributed by atoms with E-state index in [2.05, 4.69) is 13.8 Å². The van der Waals surface area contributed by atoms with Gasteiger partial charge in [-0.2, -0.15) is 0 Å². The van der Waals surface area contributed by atoms with E-state index in [1.165, 1.54) is 0 Å². The quantitative estimate of drug-likeness (QED) is 0.711. The second-order valence-corrected chi connectivity index (χ2v) is 4.48. The molecule has 0 N–H and O–H groups in total. The molecule has 0 aliphatic rings. The average Bonchev–Trinajstić information content (AvgIpc) is 2.28. The fourth-order valence-corrected chi connectivity index (χ4v) is 1.40. The fraction of sp³-hybridized carbons (Fsp3) is 0.500. The Morgan fingerprint density at radius 3 is 2.38 bits per heavy atom. The van der Waals surface area contributed by atoms with Crippen LogP contribution in [-0.4, -0.2) is 12.6 Å². The minimum absolute atomic E-state index is 0.133. The van der Waals surface area contributed by atoms with E-state index in [9.17, 15) is 4.79 Å². The molecule has 16 heavy (non-hydrogen) atoms. The van der Waals surface area contributed by atoms with Crippen molar-refractivity contribution in [2.75, 3.05) is 6.61 Å². The normalized spacial score (nSPS) is 12.5. The van der Waals surface area contributed by atoms with Gasteiger partial charge in [-0.05, 0) is 24.8 Å². The first-order valence-electron chi connectivity index (χ1n) is 5.83. The molecule has 0 bridgehead atoms. The Morgan fingerprint density at radius 2 is 1.81 bits per heavy atom. The van der Waals surface area contributed by atoms with Crippen molar-refractivity contribution in [3.63, 3.8) is 0 Å². The van der Waals surface area contributed by atoms with Crippen molar-refractivity contribution in [1.82, 2.24) is 0 Å². The van der Waals surface area contributed by atoms with Gasteiger partial charge < -0.3 is 4.74 Å². The van der Waals surface area contributed by atoms with Gasteiger partial charge in [0.1, 0.15) is 0 Å². The summed E-state index contributed by atoms with van der Waals surface area (Å²) in [6.07, 6.45) is 0.924. The number of esters is 1. The Bertz CT molecular complexity index is 317. The molecule has 88 valence electrons. The molecular formula is C14H20O2. The average molecular weight is 220 g/mol. The van der Waals surface area contributed by atoms with Gasteiger partial charge in [0.25, 0.3) is 0 Å². The maximum atomic E-state index is 11.7. The summed E-state index contributed by atoms with van der Waals surface area (Å²) in [5.41, 5.74) is 1.01. The lowest BCUT2D eigenvalue weighted by Crippen LogP contribution is -2.14. The van der Waals surface area contributed by atoms with Crippen LogP contribution in [0.2, 0.25) is 0 Å². The van der Waals surface area contributed by atoms with E-state index in [1.807, 2.05) is 37.3 Å². The molecule has 2 nitrogen and oxygen atoms in total. The van der Waals surface area contributed by atoms with Crippen LogP contribution in [0.25, 0.3) is 0 Å². The lowest BCUT2D eigenvalue weighted by molar-refractivity contribution is -0.145. The fourth-order valence-electron chi connectivity index (χ4n) is 1.40. The summed E-state index contributed by atoms with van der Waals surface area (Å²) in [6.45, 7) is 6.64. The number of rotatable bonds is 5. The van der Waals surface area contributed by atoms with Crippen LogP contribution in [0.5, 0.6) is 0 Å². The smallest absolute Gasteiger partial charge is 0.313 e. The maximum Gasteiger partial charge on any atom is 0.313 e. The molecule has 1 rings (SSSR count). The zero-order valence-corrected chi connectivity index (χ0v) is 10.3. The monoisotopic (exact) mass is 220 g/mol. The van der Waals surface area contributed by atoms with E-state index in [0.717, 1.165) is 12.0 Å². The lowest BCUT2D eigenvalue weighted by atomic mass is 10.0. The molecule has 0 aliphatic heterocycles. The van der Waals surface area contributed by atoms with Gasteiger partial charge in [-0.1, -0.05) is 44.2 Å². The van der Waals surface area contributed by atoms with Crippen LogP contribution in [0.1, 0.15) is 38.7 Å². The third-order valence-electron chi connectivity index (χ3n) is 2.59. The van der Waals surface area contributed by atoms with Crippen LogP contribution in [-0.2, 0) is 9.53 Å². The Labute approximate surface area is 97.6 Å². The largest absolute Gasteiger partial charge is 0.465 e. The molecule has 0 spiro atoms. The van der Waals surface area contributed by atoms with Crippen molar-refractivity contribution in [2.45, 2.75) is 33.1 Å². The molecule has 0 saturated carbocycles. The zero-order chi connectivity index (χ0) is 12.0.